The summed E-state index contributed by atoms with van der Waals surface area (Å²) in [6.45, 7) is 0. The van der Waals surface area contributed by atoms with Crippen LogP contribution >= 0.6 is 0 Å². The van der Waals surface area contributed by atoms with Crippen molar-refractivity contribution < 1.29 is 13.5 Å². The monoisotopic (exact) mass is 356 g/mol. The third-order valence-corrected chi connectivity index (χ3v) is 10.6. The third-order valence-electron chi connectivity index (χ3n) is 3.23. The second kappa shape index (κ2) is 5.57. The Balaban J connectivity index is 2.37. The summed E-state index contributed by atoms with van der Waals surface area (Å²) in [5.74, 6) is 0.322. The molecule has 96 valence electrons. The van der Waals surface area contributed by atoms with Crippen LogP contribution in [0.25, 0.3) is 0 Å². The van der Waals surface area contributed by atoms with E-state index in [2.05, 4.69) is 14.8 Å². The molecule has 16 heavy (non-hydrogen) atoms. The van der Waals surface area contributed by atoms with Crippen LogP contribution in [0.3, 0.4) is 0 Å². The van der Waals surface area contributed by atoms with Gasteiger partial charge in [0.25, 0.3) is 0 Å². The number of hydrogen-bond donors (Lipinski definition) is 1. The van der Waals surface area contributed by atoms with Crippen LogP contribution in [-0.4, -0.2) is 49.0 Å². The van der Waals surface area contributed by atoms with Gasteiger partial charge in [0.1, 0.15) is 0 Å². The van der Waals surface area contributed by atoms with Crippen LogP contribution in [0.15, 0.2) is 0 Å². The van der Waals surface area contributed by atoms with E-state index in [1.165, 1.54) is 0 Å². The molecule has 0 aromatic rings. The molecule has 1 fully saturated rings. The summed E-state index contributed by atoms with van der Waals surface area (Å²) in [6.07, 6.45) is 2.38. The Morgan fingerprint density at radius 2 is 2.00 bits per heavy atom. The molecule has 1 aliphatic rings. The second-order valence-electron chi connectivity index (χ2n) is 6.12. The Morgan fingerprint density at radius 1 is 1.38 bits per heavy atom. The first-order valence-corrected chi connectivity index (χ1v) is 18.4. The fourth-order valence-electron chi connectivity index (χ4n) is 2.14. The SMILES string of the molecule is [CH3][Sn]([CH3])([CH3])[CH2]CC(O)CC1CCCS1(=O)=O. The summed E-state index contributed by atoms with van der Waals surface area (Å²) in [5.41, 5.74) is 0. The molecule has 5 heteroatoms. The Kier molecular flexibility index (Phi) is 5.14. The normalized spacial score (nSPS) is 26.9. The minimum atomic E-state index is -2.88. The van der Waals surface area contributed by atoms with Crippen molar-refractivity contribution in [1.82, 2.24) is 0 Å². The summed E-state index contributed by atoms with van der Waals surface area (Å²) in [6, 6.07) is 0. The summed E-state index contributed by atoms with van der Waals surface area (Å²) in [7, 11) is -2.88. The molecule has 1 saturated heterocycles. The van der Waals surface area contributed by atoms with Crippen molar-refractivity contribution in [2.75, 3.05) is 5.75 Å². The van der Waals surface area contributed by atoms with Crippen molar-refractivity contribution in [3.63, 3.8) is 0 Å². The zero-order valence-corrected chi connectivity index (χ0v) is 14.2. The van der Waals surface area contributed by atoms with Gasteiger partial charge in [-0.25, -0.2) is 0 Å². The molecule has 0 aromatic carbocycles. The van der Waals surface area contributed by atoms with Crippen molar-refractivity contribution in [3.05, 3.63) is 0 Å². The molecule has 3 nitrogen and oxygen atoms in total. The van der Waals surface area contributed by atoms with Gasteiger partial charge in [-0.15, -0.1) is 0 Å². The van der Waals surface area contributed by atoms with Crippen molar-refractivity contribution in [3.8, 4) is 0 Å². The average molecular weight is 355 g/mol. The van der Waals surface area contributed by atoms with E-state index in [1.807, 2.05) is 0 Å². The molecule has 0 aliphatic carbocycles. The molecule has 0 spiro atoms. The molecule has 1 heterocycles. The molecule has 0 aromatic heterocycles. The molecule has 2 atom stereocenters. The fourth-order valence-corrected chi connectivity index (χ4v) is 7.51. The number of hydrogen-bond acceptors (Lipinski definition) is 3. The van der Waals surface area contributed by atoms with Gasteiger partial charge >= 0.3 is 104 Å². The zero-order chi connectivity index (χ0) is 12.4. The first-order valence-electron chi connectivity index (χ1n) is 6.10. The molecule has 0 radical (unpaired) electrons. The third kappa shape index (κ3) is 4.92. The number of sulfone groups is 1. The summed E-state index contributed by atoms with van der Waals surface area (Å²) in [4.78, 5) is 7.02. The van der Waals surface area contributed by atoms with E-state index in [4.69, 9.17) is 0 Å². The van der Waals surface area contributed by atoms with Gasteiger partial charge in [0.05, 0.1) is 0 Å². The van der Waals surface area contributed by atoms with Crippen LogP contribution in [0.2, 0.25) is 19.3 Å². The van der Waals surface area contributed by atoms with Crippen LogP contribution in [0.4, 0.5) is 0 Å². The number of rotatable bonds is 5. The standard InChI is InChI=1S/C8H15O3S.3CH3.Sn/c1-2-7(9)6-8-4-3-5-12(8,10)11;;;;/h7-9H,1-6H2;3*1H3;. The maximum absolute atomic E-state index is 11.6. The first kappa shape index (κ1) is 14.8. The quantitative estimate of drug-likeness (QED) is 0.768. The molecule has 0 bridgehead atoms. The molecule has 1 N–H and O–H groups in total. The van der Waals surface area contributed by atoms with Crippen molar-refractivity contribution in [2.45, 2.75) is 56.3 Å². The first-order chi connectivity index (χ1) is 7.21. The van der Waals surface area contributed by atoms with Crippen molar-refractivity contribution in [2.24, 2.45) is 0 Å². The fraction of sp³-hybridized carbons (Fsp3) is 1.00. The topological polar surface area (TPSA) is 54.4 Å². The van der Waals surface area contributed by atoms with Gasteiger partial charge in [-0.1, -0.05) is 0 Å². The predicted octanol–water partition coefficient (Wildman–Crippen LogP) is 2.04. The Bertz CT molecular complexity index is 319. The maximum atomic E-state index is 11.6. The van der Waals surface area contributed by atoms with Gasteiger partial charge in [-0.05, 0) is 0 Å². The van der Waals surface area contributed by atoms with Gasteiger partial charge in [0.15, 0.2) is 0 Å². The number of aliphatic hydroxyl groups excluding tert-OH is 1. The molecule has 1 rings (SSSR count). The zero-order valence-electron chi connectivity index (χ0n) is 10.6. The van der Waals surface area contributed by atoms with E-state index in [9.17, 15) is 13.5 Å². The van der Waals surface area contributed by atoms with E-state index in [1.54, 1.807) is 0 Å². The van der Waals surface area contributed by atoms with E-state index in [-0.39, 0.29) is 5.25 Å². The minimum absolute atomic E-state index is 0.266. The Hall–Kier alpha value is 0.709. The van der Waals surface area contributed by atoms with E-state index in [0.717, 1.165) is 23.7 Å². The van der Waals surface area contributed by atoms with Crippen LogP contribution in [0.5, 0.6) is 0 Å². The van der Waals surface area contributed by atoms with Gasteiger partial charge in [-0.2, -0.15) is 0 Å². The van der Waals surface area contributed by atoms with Crippen LogP contribution in [0, 0.1) is 0 Å². The van der Waals surface area contributed by atoms with Crippen molar-refractivity contribution in [1.29, 1.82) is 0 Å². The predicted molar refractivity (Wildman–Crippen MR) is 70.2 cm³/mol. The molecule has 0 amide bonds. The average Bonchev–Trinajstić information content (AvgIpc) is 2.42. The van der Waals surface area contributed by atoms with Gasteiger partial charge in [0.2, 0.25) is 0 Å². The second-order valence-corrected chi connectivity index (χ2v) is 24.6. The molecule has 0 saturated carbocycles. The van der Waals surface area contributed by atoms with Crippen LogP contribution < -0.4 is 0 Å². The molecule has 2 unspecified atom stereocenters. The summed E-state index contributed by atoms with van der Waals surface area (Å²) < 4.78 is 24.3. The molecular formula is C11H24O3SSn. The number of aliphatic hydroxyl groups is 1. The summed E-state index contributed by atoms with van der Waals surface area (Å²) >= 11 is -1.80. The van der Waals surface area contributed by atoms with Crippen molar-refractivity contribution >= 4 is 28.2 Å². The Morgan fingerprint density at radius 3 is 2.44 bits per heavy atom. The molecular weight excluding hydrogens is 331 g/mol. The molecule has 1 aliphatic heterocycles. The Labute approximate surface area is 103 Å². The van der Waals surface area contributed by atoms with Crippen LogP contribution in [0.1, 0.15) is 25.7 Å². The van der Waals surface area contributed by atoms with E-state index in [0.29, 0.717) is 12.2 Å². The van der Waals surface area contributed by atoms with E-state index < -0.39 is 34.3 Å². The van der Waals surface area contributed by atoms with Gasteiger partial charge in [-0.3, -0.25) is 0 Å². The van der Waals surface area contributed by atoms with E-state index >= 15 is 0 Å². The summed E-state index contributed by atoms with van der Waals surface area (Å²) in [5, 5.41) is 9.61. The van der Waals surface area contributed by atoms with Gasteiger partial charge < -0.3 is 0 Å². The van der Waals surface area contributed by atoms with Gasteiger partial charge in [0, 0.05) is 0 Å². The van der Waals surface area contributed by atoms with Crippen LogP contribution in [-0.2, 0) is 9.84 Å².